The van der Waals surface area contributed by atoms with Crippen LogP contribution in [0.1, 0.15) is 10.4 Å². The fourth-order valence-electron chi connectivity index (χ4n) is 1.96. The maximum absolute atomic E-state index is 12.3. The predicted octanol–water partition coefficient (Wildman–Crippen LogP) is 3.68. The lowest BCUT2D eigenvalue weighted by Crippen LogP contribution is -2.21. The molecule has 0 heterocycles. The number of para-hydroxylation sites is 1. The molecule has 0 unspecified atom stereocenters. The molecule has 10 heteroatoms. The zero-order valence-electron chi connectivity index (χ0n) is 13.5. The molecule has 2 aromatic carbocycles. The van der Waals surface area contributed by atoms with Gasteiger partial charge in [-0.2, -0.15) is 17.6 Å². The molecule has 0 spiro atoms. The molecule has 0 aliphatic rings. The molecule has 144 valence electrons. The van der Waals surface area contributed by atoms with Crippen molar-refractivity contribution in [2.75, 3.05) is 11.9 Å². The molecule has 0 saturated carbocycles. The van der Waals surface area contributed by atoms with Crippen molar-refractivity contribution in [2.45, 2.75) is 13.2 Å². The number of amides is 1. The summed E-state index contributed by atoms with van der Waals surface area (Å²) in [5.41, 5.74) is -0.0156. The van der Waals surface area contributed by atoms with Gasteiger partial charge in [0.25, 0.3) is 5.91 Å². The van der Waals surface area contributed by atoms with Crippen LogP contribution in [0.5, 0.6) is 11.5 Å². The standard InChI is InChI=1S/C17H13F4NO5/c18-16(19)26-11-7-5-10(6-8-11)22-14(23)9-25-15(24)12-3-1-2-4-13(12)27-17(20)21/h1-8,16-17H,9H2,(H,22,23). The Kier molecular flexibility index (Phi) is 6.98. The van der Waals surface area contributed by atoms with Crippen molar-refractivity contribution in [3.8, 4) is 11.5 Å². The summed E-state index contributed by atoms with van der Waals surface area (Å²) < 4.78 is 61.9. The number of rotatable bonds is 8. The molecule has 2 aromatic rings. The molecule has 0 fully saturated rings. The maximum atomic E-state index is 12.3. The number of carbonyl (C=O) groups is 2. The van der Waals surface area contributed by atoms with E-state index >= 15 is 0 Å². The molecule has 1 N–H and O–H groups in total. The smallest absolute Gasteiger partial charge is 0.387 e. The number of halogens is 4. The van der Waals surface area contributed by atoms with E-state index in [1.165, 1.54) is 42.5 Å². The van der Waals surface area contributed by atoms with E-state index in [1.54, 1.807) is 0 Å². The fraction of sp³-hybridized carbons (Fsp3) is 0.176. The Morgan fingerprint density at radius 3 is 2.15 bits per heavy atom. The van der Waals surface area contributed by atoms with Gasteiger partial charge in [0.15, 0.2) is 6.61 Å². The molecule has 0 radical (unpaired) electrons. The quantitative estimate of drug-likeness (QED) is 0.553. The Morgan fingerprint density at radius 1 is 0.889 bits per heavy atom. The largest absolute Gasteiger partial charge is 0.452 e. The molecule has 0 aliphatic heterocycles. The zero-order chi connectivity index (χ0) is 19.8. The number of nitrogens with one attached hydrogen (secondary N) is 1. The lowest BCUT2D eigenvalue weighted by atomic mass is 10.2. The van der Waals surface area contributed by atoms with E-state index in [1.807, 2.05) is 0 Å². The second-order valence-corrected chi connectivity index (χ2v) is 4.90. The van der Waals surface area contributed by atoms with Crippen LogP contribution in [0.4, 0.5) is 23.2 Å². The van der Waals surface area contributed by atoms with Crippen LogP contribution >= 0.6 is 0 Å². The number of hydrogen-bond acceptors (Lipinski definition) is 5. The van der Waals surface area contributed by atoms with Crippen LogP contribution in [0, 0.1) is 0 Å². The summed E-state index contributed by atoms with van der Waals surface area (Å²) in [7, 11) is 0. The van der Waals surface area contributed by atoms with E-state index in [0.717, 1.165) is 6.07 Å². The summed E-state index contributed by atoms with van der Waals surface area (Å²) >= 11 is 0. The molecule has 1 amide bonds. The van der Waals surface area contributed by atoms with E-state index < -0.39 is 31.7 Å². The Morgan fingerprint density at radius 2 is 1.52 bits per heavy atom. The van der Waals surface area contributed by atoms with Crippen LogP contribution in [0.15, 0.2) is 48.5 Å². The van der Waals surface area contributed by atoms with Crippen molar-refractivity contribution in [3.63, 3.8) is 0 Å². The fourth-order valence-corrected chi connectivity index (χ4v) is 1.96. The van der Waals surface area contributed by atoms with Gasteiger partial charge >= 0.3 is 19.2 Å². The third-order valence-corrected chi connectivity index (χ3v) is 3.02. The Bertz CT molecular complexity index is 783. The predicted molar refractivity (Wildman–Crippen MR) is 85.1 cm³/mol. The average molecular weight is 387 g/mol. The summed E-state index contributed by atoms with van der Waals surface area (Å²) in [6.07, 6.45) is 0. The minimum absolute atomic E-state index is 0.0925. The first-order valence-corrected chi connectivity index (χ1v) is 7.41. The molecule has 2 rings (SSSR count). The SMILES string of the molecule is O=C(COC(=O)c1ccccc1OC(F)F)Nc1ccc(OC(F)F)cc1. The maximum Gasteiger partial charge on any atom is 0.387 e. The molecule has 6 nitrogen and oxygen atoms in total. The Labute approximate surface area is 150 Å². The van der Waals surface area contributed by atoms with E-state index in [-0.39, 0.29) is 22.7 Å². The van der Waals surface area contributed by atoms with Crippen LogP contribution < -0.4 is 14.8 Å². The third-order valence-electron chi connectivity index (χ3n) is 3.02. The number of benzene rings is 2. The lowest BCUT2D eigenvalue weighted by molar-refractivity contribution is -0.119. The van der Waals surface area contributed by atoms with Crippen LogP contribution in [0.25, 0.3) is 0 Å². The molecule has 0 aromatic heterocycles. The van der Waals surface area contributed by atoms with Crippen LogP contribution in [-0.2, 0) is 9.53 Å². The Balaban J connectivity index is 1.89. The molecule has 0 atom stereocenters. The van der Waals surface area contributed by atoms with Crippen LogP contribution in [0.3, 0.4) is 0 Å². The van der Waals surface area contributed by atoms with Gasteiger partial charge in [0.1, 0.15) is 17.1 Å². The Hall–Kier alpha value is -3.30. The molecule has 0 bridgehead atoms. The van der Waals surface area contributed by atoms with Crippen molar-refractivity contribution in [2.24, 2.45) is 0 Å². The highest BCUT2D eigenvalue weighted by Gasteiger charge is 2.17. The van der Waals surface area contributed by atoms with Crippen molar-refractivity contribution in [1.29, 1.82) is 0 Å². The number of carbonyl (C=O) groups excluding carboxylic acids is 2. The lowest BCUT2D eigenvalue weighted by Gasteiger charge is -2.11. The first kappa shape index (κ1) is 20.0. The number of esters is 1. The zero-order valence-corrected chi connectivity index (χ0v) is 13.5. The van der Waals surface area contributed by atoms with Gasteiger partial charge in [0.05, 0.1) is 0 Å². The van der Waals surface area contributed by atoms with Gasteiger partial charge in [-0.25, -0.2) is 4.79 Å². The first-order chi connectivity index (χ1) is 12.8. The van der Waals surface area contributed by atoms with Gasteiger partial charge in [-0.05, 0) is 36.4 Å². The number of hydrogen-bond donors (Lipinski definition) is 1. The molecule has 0 saturated heterocycles. The van der Waals surface area contributed by atoms with E-state index in [9.17, 15) is 27.2 Å². The van der Waals surface area contributed by atoms with E-state index in [2.05, 4.69) is 14.8 Å². The second-order valence-electron chi connectivity index (χ2n) is 4.90. The van der Waals surface area contributed by atoms with Crippen molar-refractivity contribution >= 4 is 17.6 Å². The third kappa shape index (κ3) is 6.49. The highest BCUT2D eigenvalue weighted by atomic mass is 19.3. The van der Waals surface area contributed by atoms with Gasteiger partial charge in [0.2, 0.25) is 0 Å². The molecular weight excluding hydrogens is 374 g/mol. The van der Waals surface area contributed by atoms with Gasteiger partial charge in [-0.15, -0.1) is 0 Å². The summed E-state index contributed by atoms with van der Waals surface area (Å²) in [5.74, 6) is -2.22. The topological polar surface area (TPSA) is 73.9 Å². The van der Waals surface area contributed by atoms with Gasteiger partial charge in [-0.1, -0.05) is 12.1 Å². The van der Waals surface area contributed by atoms with Gasteiger partial charge < -0.3 is 19.5 Å². The van der Waals surface area contributed by atoms with Crippen molar-refractivity contribution in [1.82, 2.24) is 0 Å². The number of ether oxygens (including phenoxy) is 3. The van der Waals surface area contributed by atoms with Crippen molar-refractivity contribution in [3.05, 3.63) is 54.1 Å². The van der Waals surface area contributed by atoms with Crippen molar-refractivity contribution < 1.29 is 41.4 Å². The normalized spacial score (nSPS) is 10.6. The summed E-state index contributed by atoms with van der Waals surface area (Å²) in [4.78, 5) is 23.7. The molecule has 0 aliphatic carbocycles. The minimum Gasteiger partial charge on any atom is -0.452 e. The van der Waals surface area contributed by atoms with E-state index in [0.29, 0.717) is 0 Å². The number of alkyl halides is 4. The van der Waals surface area contributed by atoms with Gasteiger partial charge in [0, 0.05) is 5.69 Å². The molecule has 27 heavy (non-hydrogen) atoms. The highest BCUT2D eigenvalue weighted by Crippen LogP contribution is 2.21. The minimum atomic E-state index is -3.13. The second kappa shape index (κ2) is 9.41. The summed E-state index contributed by atoms with van der Waals surface area (Å²) in [6.45, 7) is -6.79. The van der Waals surface area contributed by atoms with E-state index in [4.69, 9.17) is 4.74 Å². The average Bonchev–Trinajstić information content (AvgIpc) is 2.61. The van der Waals surface area contributed by atoms with Gasteiger partial charge in [-0.3, -0.25) is 4.79 Å². The van der Waals surface area contributed by atoms with Crippen LogP contribution in [0.2, 0.25) is 0 Å². The summed E-state index contributed by atoms with van der Waals surface area (Å²) in [5, 5.41) is 2.37. The highest BCUT2D eigenvalue weighted by molar-refractivity contribution is 5.96. The monoisotopic (exact) mass is 387 g/mol. The number of anilines is 1. The first-order valence-electron chi connectivity index (χ1n) is 7.41. The van der Waals surface area contributed by atoms with Crippen LogP contribution in [-0.4, -0.2) is 31.7 Å². The summed E-state index contributed by atoms with van der Waals surface area (Å²) in [6, 6.07) is 10.2. The molecular formula is C17H13F4NO5.